The van der Waals surface area contributed by atoms with Gasteiger partial charge in [0, 0.05) is 11.1 Å². The third-order valence-corrected chi connectivity index (χ3v) is 4.46. The standard InChI is InChI=1S/C23H30N2O3/c1-3-5-7-8-18-9-11-19(12-10-18)22(26)24-25-23(27)20-13-15-21(16-14-20)28-17-6-4-2/h9-16H,3-8,17H2,1-2H3,(H,24,26)(H,25,27). The van der Waals surface area contributed by atoms with Crippen LogP contribution in [0.15, 0.2) is 48.5 Å². The molecular formula is C23H30N2O3. The Bertz CT molecular complexity index is 674. The van der Waals surface area contributed by atoms with Crippen LogP contribution in [0.4, 0.5) is 0 Å². The van der Waals surface area contributed by atoms with E-state index in [1.54, 1.807) is 36.4 Å². The van der Waals surface area contributed by atoms with E-state index in [-0.39, 0.29) is 11.8 Å². The van der Waals surface area contributed by atoms with Crippen molar-refractivity contribution in [3.63, 3.8) is 0 Å². The molecule has 2 aromatic carbocycles. The molecule has 0 aliphatic rings. The van der Waals surface area contributed by atoms with Crippen molar-refractivity contribution >= 4 is 11.8 Å². The molecule has 0 radical (unpaired) electrons. The van der Waals surface area contributed by atoms with Gasteiger partial charge in [0.2, 0.25) is 0 Å². The van der Waals surface area contributed by atoms with E-state index in [9.17, 15) is 9.59 Å². The molecule has 0 spiro atoms. The van der Waals surface area contributed by atoms with Gasteiger partial charge in [-0.25, -0.2) is 0 Å². The van der Waals surface area contributed by atoms with Crippen LogP contribution in [0, 0.1) is 0 Å². The maximum absolute atomic E-state index is 12.2. The summed E-state index contributed by atoms with van der Waals surface area (Å²) < 4.78 is 5.58. The fourth-order valence-corrected chi connectivity index (χ4v) is 2.70. The molecule has 5 nitrogen and oxygen atoms in total. The Balaban J connectivity index is 1.80. The third kappa shape index (κ3) is 7.06. The summed E-state index contributed by atoms with van der Waals surface area (Å²) in [6.07, 6.45) is 6.63. The maximum Gasteiger partial charge on any atom is 0.269 e. The van der Waals surface area contributed by atoms with Crippen LogP contribution in [-0.4, -0.2) is 18.4 Å². The van der Waals surface area contributed by atoms with E-state index >= 15 is 0 Å². The molecule has 2 amide bonds. The molecule has 0 unspecified atom stereocenters. The Morgan fingerprint density at radius 2 is 1.29 bits per heavy atom. The van der Waals surface area contributed by atoms with Crippen LogP contribution in [0.2, 0.25) is 0 Å². The molecule has 0 aromatic heterocycles. The van der Waals surface area contributed by atoms with E-state index in [1.165, 1.54) is 18.4 Å². The number of rotatable bonds is 10. The number of carbonyl (C=O) groups is 2. The molecule has 5 heteroatoms. The monoisotopic (exact) mass is 382 g/mol. The first-order chi connectivity index (χ1) is 13.6. The number of hydrazine groups is 1. The van der Waals surface area contributed by atoms with Crippen molar-refractivity contribution in [2.75, 3.05) is 6.61 Å². The first-order valence-corrected chi connectivity index (χ1v) is 10.1. The van der Waals surface area contributed by atoms with E-state index in [1.807, 2.05) is 12.1 Å². The SMILES string of the molecule is CCCCCc1ccc(C(=O)NNC(=O)c2ccc(OCCCC)cc2)cc1. The van der Waals surface area contributed by atoms with Gasteiger partial charge in [-0.15, -0.1) is 0 Å². The Labute approximate surface area is 167 Å². The smallest absolute Gasteiger partial charge is 0.269 e. The summed E-state index contributed by atoms with van der Waals surface area (Å²) in [6, 6.07) is 14.3. The molecule has 0 atom stereocenters. The van der Waals surface area contributed by atoms with Gasteiger partial charge >= 0.3 is 0 Å². The Morgan fingerprint density at radius 3 is 1.82 bits per heavy atom. The van der Waals surface area contributed by atoms with Gasteiger partial charge in [-0.05, 0) is 61.2 Å². The van der Waals surface area contributed by atoms with Gasteiger partial charge < -0.3 is 4.74 Å². The summed E-state index contributed by atoms with van der Waals surface area (Å²) in [5.41, 5.74) is 7.09. The number of amides is 2. The fourth-order valence-electron chi connectivity index (χ4n) is 2.70. The number of hydrogen-bond donors (Lipinski definition) is 2. The molecule has 0 saturated carbocycles. The lowest BCUT2D eigenvalue weighted by atomic mass is 10.1. The van der Waals surface area contributed by atoms with Gasteiger partial charge in [0.05, 0.1) is 6.61 Å². The van der Waals surface area contributed by atoms with E-state index < -0.39 is 0 Å². The largest absolute Gasteiger partial charge is 0.494 e. The van der Waals surface area contributed by atoms with Gasteiger partial charge in [0.25, 0.3) is 11.8 Å². The van der Waals surface area contributed by atoms with Crippen molar-refractivity contribution in [2.24, 2.45) is 0 Å². The number of hydrogen-bond acceptors (Lipinski definition) is 3. The topological polar surface area (TPSA) is 67.4 Å². The number of unbranched alkanes of at least 4 members (excludes halogenated alkanes) is 3. The predicted octanol–water partition coefficient (Wildman–Crippen LogP) is 4.67. The summed E-state index contributed by atoms with van der Waals surface area (Å²) in [5.74, 6) is 0.0192. The van der Waals surface area contributed by atoms with Crippen molar-refractivity contribution < 1.29 is 14.3 Å². The third-order valence-electron chi connectivity index (χ3n) is 4.46. The Morgan fingerprint density at radius 1 is 0.750 bits per heavy atom. The highest BCUT2D eigenvalue weighted by Crippen LogP contribution is 2.13. The highest BCUT2D eigenvalue weighted by atomic mass is 16.5. The average Bonchev–Trinajstić information content (AvgIpc) is 2.73. The van der Waals surface area contributed by atoms with E-state index in [2.05, 4.69) is 24.7 Å². The highest BCUT2D eigenvalue weighted by Gasteiger charge is 2.09. The lowest BCUT2D eigenvalue weighted by Crippen LogP contribution is -2.41. The summed E-state index contributed by atoms with van der Waals surface area (Å²) in [4.78, 5) is 24.4. The highest BCUT2D eigenvalue weighted by molar-refractivity contribution is 5.99. The number of benzene rings is 2. The summed E-state index contributed by atoms with van der Waals surface area (Å²) >= 11 is 0. The lowest BCUT2D eigenvalue weighted by Gasteiger charge is -2.09. The van der Waals surface area contributed by atoms with Gasteiger partial charge in [0.1, 0.15) is 5.75 Å². The van der Waals surface area contributed by atoms with Crippen molar-refractivity contribution in [1.82, 2.24) is 10.9 Å². The molecule has 0 aliphatic heterocycles. The second-order valence-electron chi connectivity index (χ2n) is 6.79. The number of carbonyl (C=O) groups excluding carboxylic acids is 2. The molecular weight excluding hydrogens is 352 g/mol. The molecule has 2 rings (SSSR count). The zero-order valence-corrected chi connectivity index (χ0v) is 16.8. The van der Waals surface area contributed by atoms with Gasteiger partial charge in [-0.3, -0.25) is 20.4 Å². The van der Waals surface area contributed by atoms with Crippen LogP contribution in [-0.2, 0) is 6.42 Å². The minimum Gasteiger partial charge on any atom is -0.494 e. The van der Waals surface area contributed by atoms with Gasteiger partial charge in [0.15, 0.2) is 0 Å². The average molecular weight is 383 g/mol. The Kier molecular flexibility index (Phi) is 9.05. The quantitative estimate of drug-likeness (QED) is 0.463. The second kappa shape index (κ2) is 11.8. The van der Waals surface area contributed by atoms with Crippen molar-refractivity contribution in [1.29, 1.82) is 0 Å². The number of ether oxygens (including phenoxy) is 1. The zero-order chi connectivity index (χ0) is 20.2. The second-order valence-corrected chi connectivity index (χ2v) is 6.79. The van der Waals surface area contributed by atoms with Crippen LogP contribution in [0.1, 0.15) is 72.2 Å². The van der Waals surface area contributed by atoms with Crippen molar-refractivity contribution in [3.8, 4) is 5.75 Å². The minimum absolute atomic E-state index is 0.340. The van der Waals surface area contributed by atoms with Crippen molar-refractivity contribution in [2.45, 2.75) is 52.4 Å². The maximum atomic E-state index is 12.2. The Hall–Kier alpha value is -2.82. The first kappa shape index (κ1) is 21.5. The summed E-state index contributed by atoms with van der Waals surface area (Å²) in [6.45, 7) is 4.94. The van der Waals surface area contributed by atoms with E-state index in [4.69, 9.17) is 4.74 Å². The van der Waals surface area contributed by atoms with Gasteiger partial charge in [-0.2, -0.15) is 0 Å². The molecule has 150 valence electrons. The number of aryl methyl sites for hydroxylation is 1. The fraction of sp³-hybridized carbons (Fsp3) is 0.391. The van der Waals surface area contributed by atoms with E-state index in [0.29, 0.717) is 17.7 Å². The summed E-state index contributed by atoms with van der Waals surface area (Å²) in [5, 5.41) is 0. The van der Waals surface area contributed by atoms with Crippen LogP contribution in [0.25, 0.3) is 0 Å². The molecule has 0 saturated heterocycles. The first-order valence-electron chi connectivity index (χ1n) is 10.1. The zero-order valence-electron chi connectivity index (χ0n) is 16.8. The minimum atomic E-state index is -0.371. The number of nitrogens with one attached hydrogen (secondary N) is 2. The molecule has 28 heavy (non-hydrogen) atoms. The molecule has 2 aromatic rings. The normalized spacial score (nSPS) is 10.4. The van der Waals surface area contributed by atoms with Gasteiger partial charge in [-0.1, -0.05) is 45.2 Å². The van der Waals surface area contributed by atoms with Crippen LogP contribution < -0.4 is 15.6 Å². The summed E-state index contributed by atoms with van der Waals surface area (Å²) in [7, 11) is 0. The van der Waals surface area contributed by atoms with Crippen LogP contribution in [0.5, 0.6) is 5.75 Å². The molecule has 2 N–H and O–H groups in total. The van der Waals surface area contributed by atoms with Crippen molar-refractivity contribution in [3.05, 3.63) is 65.2 Å². The predicted molar refractivity (Wildman–Crippen MR) is 111 cm³/mol. The van der Waals surface area contributed by atoms with E-state index in [0.717, 1.165) is 31.4 Å². The molecule has 0 aliphatic carbocycles. The van der Waals surface area contributed by atoms with Crippen LogP contribution >= 0.6 is 0 Å². The lowest BCUT2D eigenvalue weighted by molar-refractivity contribution is 0.0846. The van der Waals surface area contributed by atoms with Crippen LogP contribution in [0.3, 0.4) is 0 Å². The molecule has 0 heterocycles. The molecule has 0 bridgehead atoms. The molecule has 0 fully saturated rings.